The number of hydrogen-bond donors (Lipinski definition) is 2. The van der Waals surface area contributed by atoms with Crippen molar-refractivity contribution in [1.82, 2.24) is 10.2 Å². The van der Waals surface area contributed by atoms with Crippen molar-refractivity contribution in [2.75, 3.05) is 24.6 Å². The molecule has 1 aromatic rings. The SMILES string of the molecule is O=C(O)c1ccc(N2CCCC(CO)C2)nn1. The first kappa shape index (κ1) is 11.8. The zero-order valence-corrected chi connectivity index (χ0v) is 9.41. The topological polar surface area (TPSA) is 86.5 Å². The van der Waals surface area contributed by atoms with Crippen LogP contribution in [0.2, 0.25) is 0 Å². The molecule has 0 bridgehead atoms. The lowest BCUT2D eigenvalue weighted by atomic mass is 9.99. The minimum Gasteiger partial charge on any atom is -0.476 e. The van der Waals surface area contributed by atoms with Crippen molar-refractivity contribution in [1.29, 1.82) is 0 Å². The van der Waals surface area contributed by atoms with Crippen LogP contribution in [0.15, 0.2) is 12.1 Å². The number of carboxylic acids is 1. The Morgan fingerprint density at radius 2 is 2.29 bits per heavy atom. The zero-order chi connectivity index (χ0) is 12.3. The highest BCUT2D eigenvalue weighted by Crippen LogP contribution is 2.20. The fourth-order valence-corrected chi connectivity index (χ4v) is 2.03. The van der Waals surface area contributed by atoms with E-state index in [1.807, 2.05) is 4.90 Å². The Kier molecular flexibility index (Phi) is 3.53. The van der Waals surface area contributed by atoms with Crippen molar-refractivity contribution >= 4 is 11.8 Å². The van der Waals surface area contributed by atoms with Gasteiger partial charge < -0.3 is 15.1 Å². The number of aromatic nitrogens is 2. The maximum absolute atomic E-state index is 10.6. The molecule has 1 saturated heterocycles. The number of nitrogens with zero attached hydrogens (tertiary/aromatic N) is 3. The summed E-state index contributed by atoms with van der Waals surface area (Å²) in [7, 11) is 0. The molecule has 2 N–H and O–H groups in total. The van der Waals surface area contributed by atoms with Gasteiger partial charge in [0, 0.05) is 19.7 Å². The molecular formula is C11H15N3O3. The molecule has 1 aromatic heterocycles. The number of carboxylic acid groups (broad SMARTS) is 1. The van der Waals surface area contributed by atoms with E-state index in [0.29, 0.717) is 5.82 Å². The Bertz CT molecular complexity index is 393. The van der Waals surface area contributed by atoms with Gasteiger partial charge in [-0.25, -0.2) is 4.79 Å². The highest BCUT2D eigenvalue weighted by Gasteiger charge is 2.20. The second kappa shape index (κ2) is 5.09. The number of aromatic carboxylic acids is 1. The van der Waals surface area contributed by atoms with Gasteiger partial charge in [0.2, 0.25) is 0 Å². The molecule has 1 aliphatic rings. The lowest BCUT2D eigenvalue weighted by Crippen LogP contribution is -2.37. The Labute approximate surface area is 98.9 Å². The van der Waals surface area contributed by atoms with E-state index in [9.17, 15) is 4.79 Å². The van der Waals surface area contributed by atoms with Gasteiger partial charge in [0.05, 0.1) is 0 Å². The summed E-state index contributed by atoms with van der Waals surface area (Å²) in [6, 6.07) is 3.11. The van der Waals surface area contributed by atoms with Crippen LogP contribution >= 0.6 is 0 Å². The fourth-order valence-electron chi connectivity index (χ4n) is 2.03. The van der Waals surface area contributed by atoms with Gasteiger partial charge in [-0.15, -0.1) is 10.2 Å². The molecule has 2 rings (SSSR count). The van der Waals surface area contributed by atoms with Gasteiger partial charge >= 0.3 is 5.97 Å². The third-order valence-electron chi connectivity index (χ3n) is 2.97. The molecule has 0 spiro atoms. The van der Waals surface area contributed by atoms with Crippen LogP contribution in [0.4, 0.5) is 5.82 Å². The molecule has 0 amide bonds. The van der Waals surface area contributed by atoms with Crippen LogP contribution < -0.4 is 4.90 Å². The Balaban J connectivity index is 2.08. The van der Waals surface area contributed by atoms with Crippen LogP contribution in [0.3, 0.4) is 0 Å². The molecule has 1 aliphatic heterocycles. The van der Waals surface area contributed by atoms with Gasteiger partial charge in [0.15, 0.2) is 11.5 Å². The minimum atomic E-state index is -1.07. The predicted molar refractivity (Wildman–Crippen MR) is 61.0 cm³/mol. The molecule has 0 aromatic carbocycles. The number of aliphatic hydroxyl groups excluding tert-OH is 1. The van der Waals surface area contributed by atoms with Crippen molar-refractivity contribution in [3.8, 4) is 0 Å². The van der Waals surface area contributed by atoms with E-state index in [1.165, 1.54) is 6.07 Å². The quantitative estimate of drug-likeness (QED) is 0.790. The third kappa shape index (κ3) is 2.71. The number of aliphatic hydroxyl groups is 1. The number of piperidine rings is 1. The molecule has 92 valence electrons. The van der Waals surface area contributed by atoms with Crippen LogP contribution in [0.25, 0.3) is 0 Å². The first-order chi connectivity index (χ1) is 8.20. The van der Waals surface area contributed by atoms with Crippen LogP contribution in [0.1, 0.15) is 23.3 Å². The first-order valence-corrected chi connectivity index (χ1v) is 5.63. The lowest BCUT2D eigenvalue weighted by molar-refractivity contribution is 0.0689. The molecule has 1 fully saturated rings. The summed E-state index contributed by atoms with van der Waals surface area (Å²) in [6.45, 7) is 1.80. The molecular weight excluding hydrogens is 222 g/mol. The van der Waals surface area contributed by atoms with E-state index in [1.54, 1.807) is 6.07 Å². The lowest BCUT2D eigenvalue weighted by Gasteiger charge is -2.32. The van der Waals surface area contributed by atoms with E-state index < -0.39 is 5.97 Å². The molecule has 17 heavy (non-hydrogen) atoms. The summed E-state index contributed by atoms with van der Waals surface area (Å²) >= 11 is 0. The summed E-state index contributed by atoms with van der Waals surface area (Å²) in [5.74, 6) is -0.131. The molecule has 0 saturated carbocycles. The molecule has 6 heteroatoms. The van der Waals surface area contributed by atoms with Crippen molar-refractivity contribution in [3.05, 3.63) is 17.8 Å². The van der Waals surface area contributed by atoms with E-state index >= 15 is 0 Å². The summed E-state index contributed by atoms with van der Waals surface area (Å²) in [5, 5.41) is 25.4. The van der Waals surface area contributed by atoms with Gasteiger partial charge in [-0.3, -0.25) is 0 Å². The number of carbonyl (C=O) groups is 1. The third-order valence-corrected chi connectivity index (χ3v) is 2.97. The first-order valence-electron chi connectivity index (χ1n) is 5.63. The van der Waals surface area contributed by atoms with E-state index in [2.05, 4.69) is 10.2 Å². The smallest absolute Gasteiger partial charge is 0.356 e. The molecule has 1 unspecified atom stereocenters. The van der Waals surface area contributed by atoms with Gasteiger partial charge in [0.25, 0.3) is 0 Å². The largest absolute Gasteiger partial charge is 0.476 e. The van der Waals surface area contributed by atoms with Gasteiger partial charge in [0.1, 0.15) is 0 Å². The van der Waals surface area contributed by atoms with Crippen LogP contribution in [-0.2, 0) is 0 Å². The Hall–Kier alpha value is -1.69. The summed E-state index contributed by atoms with van der Waals surface area (Å²) in [6.07, 6.45) is 2.03. The van der Waals surface area contributed by atoms with E-state index in [0.717, 1.165) is 25.9 Å². The van der Waals surface area contributed by atoms with Crippen molar-refractivity contribution in [2.45, 2.75) is 12.8 Å². The maximum atomic E-state index is 10.6. The van der Waals surface area contributed by atoms with Crippen LogP contribution in [0.5, 0.6) is 0 Å². The standard InChI is InChI=1S/C11H15N3O3/c15-7-8-2-1-5-14(6-8)10-4-3-9(11(16)17)12-13-10/h3-4,8,15H,1-2,5-7H2,(H,16,17). The zero-order valence-electron chi connectivity index (χ0n) is 9.41. The van der Waals surface area contributed by atoms with Crippen LogP contribution in [-0.4, -0.2) is 46.1 Å². The fraction of sp³-hybridized carbons (Fsp3) is 0.545. The summed E-state index contributed by atoms with van der Waals surface area (Å²) in [4.78, 5) is 12.7. The number of rotatable bonds is 3. The molecule has 2 heterocycles. The van der Waals surface area contributed by atoms with Crippen molar-refractivity contribution in [2.24, 2.45) is 5.92 Å². The number of anilines is 1. The average Bonchev–Trinajstić information content (AvgIpc) is 2.39. The average molecular weight is 237 g/mol. The Morgan fingerprint density at radius 3 is 2.88 bits per heavy atom. The highest BCUT2D eigenvalue weighted by molar-refractivity contribution is 5.85. The second-order valence-electron chi connectivity index (χ2n) is 4.22. The van der Waals surface area contributed by atoms with Gasteiger partial charge in [-0.05, 0) is 30.9 Å². The predicted octanol–water partition coefficient (Wildman–Crippen LogP) is 0.384. The molecule has 0 aliphatic carbocycles. The van der Waals surface area contributed by atoms with Crippen LogP contribution in [0, 0.1) is 5.92 Å². The summed E-state index contributed by atoms with van der Waals surface area (Å²) in [5.41, 5.74) is -0.0514. The Morgan fingerprint density at radius 1 is 1.47 bits per heavy atom. The second-order valence-corrected chi connectivity index (χ2v) is 4.22. The number of hydrogen-bond acceptors (Lipinski definition) is 5. The highest BCUT2D eigenvalue weighted by atomic mass is 16.4. The van der Waals surface area contributed by atoms with Gasteiger partial charge in [-0.1, -0.05) is 0 Å². The molecule has 1 atom stereocenters. The monoisotopic (exact) mass is 237 g/mol. The molecule has 6 nitrogen and oxygen atoms in total. The maximum Gasteiger partial charge on any atom is 0.356 e. The minimum absolute atomic E-state index is 0.0514. The van der Waals surface area contributed by atoms with E-state index in [4.69, 9.17) is 10.2 Å². The normalized spacial score (nSPS) is 20.3. The summed E-state index contributed by atoms with van der Waals surface area (Å²) < 4.78 is 0. The van der Waals surface area contributed by atoms with Crippen molar-refractivity contribution in [3.63, 3.8) is 0 Å². The van der Waals surface area contributed by atoms with Gasteiger partial charge in [-0.2, -0.15) is 0 Å². The van der Waals surface area contributed by atoms with Crippen molar-refractivity contribution < 1.29 is 15.0 Å². The van der Waals surface area contributed by atoms with E-state index in [-0.39, 0.29) is 18.2 Å². The molecule has 0 radical (unpaired) electrons.